The summed E-state index contributed by atoms with van der Waals surface area (Å²) in [4.78, 5) is 23.5. The van der Waals surface area contributed by atoms with Crippen molar-refractivity contribution >= 4 is 17.1 Å². The van der Waals surface area contributed by atoms with Crippen LogP contribution in [0.4, 0.5) is 4.79 Å². The van der Waals surface area contributed by atoms with Gasteiger partial charge in [0.1, 0.15) is 11.4 Å². The maximum Gasteiger partial charge on any atom is 0.410 e. The number of ether oxygens (including phenoxy) is 2. The van der Waals surface area contributed by atoms with Crippen LogP contribution in [-0.2, 0) is 11.3 Å². The number of amides is 1. The zero-order chi connectivity index (χ0) is 21.0. The van der Waals surface area contributed by atoms with Gasteiger partial charge in [0.05, 0.1) is 18.1 Å². The van der Waals surface area contributed by atoms with E-state index >= 15 is 0 Å². The number of hydrogen-bond donors (Lipinski definition) is 0. The SMILES string of the molecule is COc1ccc(-c2ccc3nc4n(c3c2)CC2CN(C(=O)OC(C)(C)C)CC42)cn1. The van der Waals surface area contributed by atoms with Gasteiger partial charge >= 0.3 is 6.09 Å². The van der Waals surface area contributed by atoms with E-state index in [0.717, 1.165) is 34.5 Å². The second-order valence-corrected chi connectivity index (χ2v) is 9.13. The Morgan fingerprint density at radius 1 is 1.10 bits per heavy atom. The van der Waals surface area contributed by atoms with Crippen molar-refractivity contribution in [2.45, 2.75) is 38.8 Å². The van der Waals surface area contributed by atoms with Gasteiger partial charge in [0.15, 0.2) is 0 Å². The number of pyridine rings is 1. The van der Waals surface area contributed by atoms with Gasteiger partial charge in [-0.25, -0.2) is 14.8 Å². The van der Waals surface area contributed by atoms with Gasteiger partial charge in [-0.15, -0.1) is 0 Å². The maximum absolute atomic E-state index is 12.5. The molecule has 7 heteroatoms. The van der Waals surface area contributed by atoms with Crippen molar-refractivity contribution in [1.29, 1.82) is 0 Å². The zero-order valence-electron chi connectivity index (χ0n) is 17.8. The summed E-state index contributed by atoms with van der Waals surface area (Å²) in [6.45, 7) is 7.95. The van der Waals surface area contributed by atoms with Crippen LogP contribution < -0.4 is 4.74 Å². The first kappa shape index (κ1) is 18.9. The van der Waals surface area contributed by atoms with E-state index < -0.39 is 5.60 Å². The minimum Gasteiger partial charge on any atom is -0.481 e. The fourth-order valence-electron chi connectivity index (χ4n) is 4.53. The molecule has 2 atom stereocenters. The highest BCUT2D eigenvalue weighted by molar-refractivity contribution is 5.83. The molecule has 4 heterocycles. The number of benzene rings is 1. The van der Waals surface area contributed by atoms with Crippen LogP contribution in [0.15, 0.2) is 36.5 Å². The molecular formula is C23H26N4O3. The second kappa shape index (κ2) is 6.72. The molecule has 2 aliphatic heterocycles. The quantitative estimate of drug-likeness (QED) is 0.642. The van der Waals surface area contributed by atoms with E-state index in [4.69, 9.17) is 14.5 Å². The lowest BCUT2D eigenvalue weighted by atomic mass is 9.99. The standard InChI is InChI=1S/C23H26N4O3/c1-23(2,3)30-22(28)26-11-16-12-27-19-9-14(15-6-8-20(29-4)24-10-15)5-7-18(19)25-21(27)17(16)13-26/h5-10,16-17H,11-13H2,1-4H3. The lowest BCUT2D eigenvalue weighted by molar-refractivity contribution is 0.0284. The molecule has 2 aromatic heterocycles. The number of imidazole rings is 1. The molecule has 2 unspecified atom stereocenters. The highest BCUT2D eigenvalue weighted by Crippen LogP contribution is 2.42. The molecule has 0 radical (unpaired) electrons. The molecule has 0 N–H and O–H groups in total. The lowest BCUT2D eigenvalue weighted by Gasteiger charge is -2.24. The predicted molar refractivity (Wildman–Crippen MR) is 114 cm³/mol. The number of likely N-dealkylation sites (tertiary alicyclic amines) is 1. The number of hydrogen-bond acceptors (Lipinski definition) is 5. The third-order valence-electron chi connectivity index (χ3n) is 5.90. The number of aromatic nitrogens is 3. The van der Waals surface area contributed by atoms with Crippen molar-refractivity contribution in [3.8, 4) is 17.0 Å². The van der Waals surface area contributed by atoms with E-state index in [-0.39, 0.29) is 12.0 Å². The zero-order valence-corrected chi connectivity index (χ0v) is 17.8. The van der Waals surface area contributed by atoms with Crippen molar-refractivity contribution in [2.24, 2.45) is 5.92 Å². The third kappa shape index (κ3) is 3.18. The molecule has 1 aromatic carbocycles. The number of carbonyl (C=O) groups is 1. The maximum atomic E-state index is 12.5. The molecule has 30 heavy (non-hydrogen) atoms. The summed E-state index contributed by atoms with van der Waals surface area (Å²) in [5.41, 5.74) is 3.80. The summed E-state index contributed by atoms with van der Waals surface area (Å²) in [7, 11) is 1.62. The fraction of sp³-hybridized carbons (Fsp3) is 0.435. The molecule has 0 saturated carbocycles. The van der Waals surface area contributed by atoms with Crippen molar-refractivity contribution in [1.82, 2.24) is 19.4 Å². The fourth-order valence-corrected chi connectivity index (χ4v) is 4.53. The molecule has 156 valence electrons. The monoisotopic (exact) mass is 406 g/mol. The summed E-state index contributed by atoms with van der Waals surface area (Å²) in [5.74, 6) is 2.32. The van der Waals surface area contributed by atoms with Crippen LogP contribution in [0.25, 0.3) is 22.2 Å². The summed E-state index contributed by atoms with van der Waals surface area (Å²) in [6, 6.07) is 10.2. The minimum atomic E-state index is -0.478. The molecule has 1 amide bonds. The largest absolute Gasteiger partial charge is 0.481 e. The van der Waals surface area contributed by atoms with E-state index in [1.165, 1.54) is 0 Å². The van der Waals surface area contributed by atoms with Crippen LogP contribution >= 0.6 is 0 Å². The van der Waals surface area contributed by atoms with Crippen LogP contribution in [0.3, 0.4) is 0 Å². The Hall–Kier alpha value is -3.09. The average molecular weight is 406 g/mol. The van der Waals surface area contributed by atoms with Crippen molar-refractivity contribution < 1.29 is 14.3 Å². The minimum absolute atomic E-state index is 0.228. The van der Waals surface area contributed by atoms with Crippen molar-refractivity contribution in [3.63, 3.8) is 0 Å². The van der Waals surface area contributed by atoms with E-state index in [1.54, 1.807) is 7.11 Å². The van der Waals surface area contributed by atoms with Crippen LogP contribution in [0.5, 0.6) is 5.88 Å². The van der Waals surface area contributed by atoms with Gasteiger partial charge in [0.2, 0.25) is 5.88 Å². The van der Waals surface area contributed by atoms with Crippen LogP contribution in [0.1, 0.15) is 32.5 Å². The number of methoxy groups -OCH3 is 1. The molecule has 3 aromatic rings. The Morgan fingerprint density at radius 2 is 1.90 bits per heavy atom. The van der Waals surface area contributed by atoms with Gasteiger partial charge in [-0.05, 0) is 44.5 Å². The molecule has 0 spiro atoms. The number of nitrogens with zero attached hydrogens (tertiary/aromatic N) is 4. The Balaban J connectivity index is 1.42. The third-order valence-corrected chi connectivity index (χ3v) is 5.90. The topological polar surface area (TPSA) is 69.5 Å². The first-order chi connectivity index (χ1) is 14.3. The number of carbonyl (C=O) groups excluding carboxylic acids is 1. The van der Waals surface area contributed by atoms with Gasteiger partial charge < -0.3 is 18.9 Å². The van der Waals surface area contributed by atoms with E-state index in [1.807, 2.05) is 44.0 Å². The van der Waals surface area contributed by atoms with Crippen molar-refractivity contribution in [2.75, 3.05) is 20.2 Å². The lowest BCUT2D eigenvalue weighted by Crippen LogP contribution is -2.36. The van der Waals surface area contributed by atoms with E-state index in [2.05, 4.69) is 27.8 Å². The number of fused-ring (bicyclic) bond motifs is 5. The molecule has 0 bridgehead atoms. The Kier molecular flexibility index (Phi) is 4.24. The van der Waals surface area contributed by atoms with Crippen molar-refractivity contribution in [3.05, 3.63) is 42.4 Å². The smallest absolute Gasteiger partial charge is 0.410 e. The van der Waals surface area contributed by atoms with Crippen LogP contribution in [0, 0.1) is 5.92 Å². The summed E-state index contributed by atoms with van der Waals surface area (Å²) < 4.78 is 13.0. The first-order valence-corrected chi connectivity index (χ1v) is 10.3. The van der Waals surface area contributed by atoms with Crippen LogP contribution in [-0.4, -0.2) is 51.3 Å². The first-order valence-electron chi connectivity index (χ1n) is 10.3. The molecule has 5 rings (SSSR count). The van der Waals surface area contributed by atoms with Gasteiger partial charge in [-0.3, -0.25) is 0 Å². The molecule has 2 aliphatic rings. The Morgan fingerprint density at radius 3 is 2.60 bits per heavy atom. The summed E-state index contributed by atoms with van der Waals surface area (Å²) in [5, 5.41) is 0. The van der Waals surface area contributed by atoms with E-state index in [9.17, 15) is 4.79 Å². The summed E-state index contributed by atoms with van der Waals surface area (Å²) in [6.07, 6.45) is 1.60. The van der Waals surface area contributed by atoms with E-state index in [0.29, 0.717) is 24.9 Å². The molecule has 7 nitrogen and oxygen atoms in total. The molecular weight excluding hydrogens is 380 g/mol. The van der Waals surface area contributed by atoms with Gasteiger partial charge in [-0.1, -0.05) is 6.07 Å². The summed E-state index contributed by atoms with van der Waals surface area (Å²) >= 11 is 0. The van der Waals surface area contributed by atoms with Gasteiger partial charge in [-0.2, -0.15) is 0 Å². The predicted octanol–water partition coefficient (Wildman–Crippen LogP) is 4.07. The molecule has 0 aliphatic carbocycles. The highest BCUT2D eigenvalue weighted by Gasteiger charge is 2.44. The molecule has 1 saturated heterocycles. The normalized spacial score (nSPS) is 20.3. The highest BCUT2D eigenvalue weighted by atomic mass is 16.6. The second-order valence-electron chi connectivity index (χ2n) is 9.13. The molecule has 1 fully saturated rings. The number of rotatable bonds is 2. The van der Waals surface area contributed by atoms with Gasteiger partial charge in [0.25, 0.3) is 0 Å². The van der Waals surface area contributed by atoms with Crippen LogP contribution in [0.2, 0.25) is 0 Å². The Bertz CT molecular complexity index is 1110. The van der Waals surface area contributed by atoms with Gasteiger partial charge in [0, 0.05) is 49.3 Å². The Labute approximate surface area is 175 Å². The average Bonchev–Trinajstić information content (AvgIpc) is 3.36.